The summed E-state index contributed by atoms with van der Waals surface area (Å²) in [4.78, 5) is 25.1. The monoisotopic (exact) mass is 496 g/mol. The normalized spacial score (nSPS) is 11.9. The first-order chi connectivity index (χ1) is 17.9. The molecule has 0 radical (unpaired) electrons. The summed E-state index contributed by atoms with van der Waals surface area (Å²) in [6, 6.07) is 23.4. The fourth-order valence-electron chi connectivity index (χ4n) is 4.39. The maximum Gasteiger partial charge on any atom is 0.258 e. The van der Waals surface area contributed by atoms with Crippen molar-refractivity contribution in [3.8, 4) is 5.88 Å². The number of amides is 1. The van der Waals surface area contributed by atoms with Crippen molar-refractivity contribution in [2.75, 3.05) is 32.6 Å². The molecular weight excluding hydrogens is 460 g/mol. The summed E-state index contributed by atoms with van der Waals surface area (Å²) in [5.74, 6) is -0.0337. The van der Waals surface area contributed by atoms with Gasteiger partial charge in [-0.05, 0) is 81.4 Å². The SMILES string of the molecule is CCCCC(=Nc1ccc(CCN(C)C)cc1)c1c(O)[nH]c2ccc(C(=O)N(C)c3ccccc3)cc12. The molecule has 0 atom stereocenters. The number of aromatic amines is 1. The standard InChI is InChI=1S/C31H36N4O2/c1-5-6-12-28(32-24-16-13-22(14-17-24)19-20-34(2)3)29-26-21-23(15-18-27(26)33-30(29)36)31(37)35(4)25-10-8-7-9-11-25/h7-11,13-18,21,33,36H,5-6,12,19-20H2,1-4H3. The lowest BCUT2D eigenvalue weighted by molar-refractivity contribution is 0.0993. The highest BCUT2D eigenvalue weighted by molar-refractivity contribution is 6.16. The highest BCUT2D eigenvalue weighted by Crippen LogP contribution is 2.32. The summed E-state index contributed by atoms with van der Waals surface area (Å²) in [7, 11) is 5.92. The number of aliphatic imine (C=N–C) groups is 1. The molecule has 0 spiro atoms. The number of rotatable bonds is 10. The molecule has 3 aromatic carbocycles. The third-order valence-corrected chi connectivity index (χ3v) is 6.58. The van der Waals surface area contributed by atoms with E-state index >= 15 is 0 Å². The largest absolute Gasteiger partial charge is 0.494 e. The molecule has 0 aliphatic rings. The number of aromatic nitrogens is 1. The predicted octanol–water partition coefficient (Wildman–Crippen LogP) is 6.57. The molecule has 37 heavy (non-hydrogen) atoms. The van der Waals surface area contributed by atoms with Crippen LogP contribution in [0.4, 0.5) is 11.4 Å². The van der Waals surface area contributed by atoms with E-state index < -0.39 is 0 Å². The van der Waals surface area contributed by atoms with Crippen LogP contribution in [0.15, 0.2) is 77.8 Å². The van der Waals surface area contributed by atoms with E-state index in [1.807, 2.05) is 54.6 Å². The Morgan fingerprint density at radius 2 is 1.70 bits per heavy atom. The molecule has 0 bridgehead atoms. The van der Waals surface area contributed by atoms with E-state index in [1.54, 1.807) is 18.0 Å². The topological polar surface area (TPSA) is 71.9 Å². The van der Waals surface area contributed by atoms with Crippen molar-refractivity contribution in [1.82, 2.24) is 9.88 Å². The Hall–Kier alpha value is -3.90. The van der Waals surface area contributed by atoms with Crippen LogP contribution in [-0.2, 0) is 6.42 Å². The Morgan fingerprint density at radius 1 is 0.973 bits per heavy atom. The third kappa shape index (κ3) is 6.27. The van der Waals surface area contributed by atoms with Crippen LogP contribution in [0.5, 0.6) is 5.88 Å². The highest BCUT2D eigenvalue weighted by atomic mass is 16.3. The van der Waals surface area contributed by atoms with Gasteiger partial charge in [-0.2, -0.15) is 0 Å². The fraction of sp³-hybridized carbons (Fsp3) is 0.290. The van der Waals surface area contributed by atoms with Crippen LogP contribution in [0, 0.1) is 0 Å². The van der Waals surface area contributed by atoms with Crippen LogP contribution in [0.3, 0.4) is 0 Å². The summed E-state index contributed by atoms with van der Waals surface area (Å²) < 4.78 is 0. The molecule has 4 rings (SSSR count). The summed E-state index contributed by atoms with van der Waals surface area (Å²) in [5, 5.41) is 11.7. The van der Waals surface area contributed by atoms with Crippen LogP contribution in [0.1, 0.15) is 47.7 Å². The van der Waals surface area contributed by atoms with Crippen molar-refractivity contribution in [2.24, 2.45) is 4.99 Å². The van der Waals surface area contributed by atoms with Crippen LogP contribution >= 0.6 is 0 Å². The lowest BCUT2D eigenvalue weighted by Gasteiger charge is -2.17. The summed E-state index contributed by atoms with van der Waals surface area (Å²) in [5.41, 5.74) is 5.75. The van der Waals surface area contributed by atoms with Gasteiger partial charge in [-0.1, -0.05) is 43.7 Å². The lowest BCUT2D eigenvalue weighted by atomic mass is 10.0. The molecule has 6 heteroatoms. The second-order valence-corrected chi connectivity index (χ2v) is 9.69. The zero-order chi connectivity index (χ0) is 26.4. The number of carbonyl (C=O) groups excluding carboxylic acids is 1. The molecule has 0 fully saturated rings. The van der Waals surface area contributed by atoms with Gasteiger partial charge in [-0.15, -0.1) is 0 Å². The van der Waals surface area contributed by atoms with Gasteiger partial charge in [0, 0.05) is 35.7 Å². The Kier molecular flexibility index (Phi) is 8.41. The lowest BCUT2D eigenvalue weighted by Crippen LogP contribution is -2.26. The van der Waals surface area contributed by atoms with Crippen molar-refractivity contribution >= 4 is 33.9 Å². The number of hydrogen-bond donors (Lipinski definition) is 2. The number of nitrogens with one attached hydrogen (secondary N) is 1. The first-order valence-electron chi connectivity index (χ1n) is 12.9. The first kappa shape index (κ1) is 26.2. The maximum absolute atomic E-state index is 13.3. The van der Waals surface area contributed by atoms with Crippen LogP contribution in [-0.4, -0.2) is 54.3 Å². The number of para-hydroxylation sites is 1. The number of likely N-dealkylation sites (N-methyl/N-ethyl adjacent to an activating group) is 1. The molecule has 6 nitrogen and oxygen atoms in total. The van der Waals surface area contributed by atoms with Gasteiger partial charge in [0.05, 0.1) is 17.0 Å². The molecule has 0 saturated heterocycles. The number of nitrogens with zero attached hydrogens (tertiary/aromatic N) is 3. The average molecular weight is 497 g/mol. The zero-order valence-corrected chi connectivity index (χ0v) is 22.2. The summed E-state index contributed by atoms with van der Waals surface area (Å²) in [6.45, 7) is 3.14. The van der Waals surface area contributed by atoms with E-state index in [9.17, 15) is 9.90 Å². The number of anilines is 1. The summed E-state index contributed by atoms with van der Waals surface area (Å²) >= 11 is 0. The van der Waals surface area contributed by atoms with Crippen molar-refractivity contribution in [3.05, 3.63) is 89.5 Å². The van der Waals surface area contributed by atoms with E-state index in [2.05, 4.69) is 43.0 Å². The molecule has 1 heterocycles. The number of H-pyrrole nitrogens is 1. The molecule has 1 amide bonds. The molecule has 4 aromatic rings. The highest BCUT2D eigenvalue weighted by Gasteiger charge is 2.20. The molecular formula is C31H36N4O2. The minimum Gasteiger partial charge on any atom is -0.494 e. The van der Waals surface area contributed by atoms with Gasteiger partial charge in [0.1, 0.15) is 0 Å². The van der Waals surface area contributed by atoms with Gasteiger partial charge in [-0.3, -0.25) is 9.79 Å². The van der Waals surface area contributed by atoms with Gasteiger partial charge >= 0.3 is 0 Å². The predicted molar refractivity (Wildman–Crippen MR) is 154 cm³/mol. The van der Waals surface area contributed by atoms with Crippen LogP contribution < -0.4 is 4.90 Å². The number of aromatic hydroxyl groups is 1. The fourth-order valence-corrected chi connectivity index (χ4v) is 4.39. The second kappa shape index (κ2) is 11.9. The van der Waals surface area contributed by atoms with Crippen molar-refractivity contribution in [2.45, 2.75) is 32.6 Å². The zero-order valence-electron chi connectivity index (χ0n) is 22.2. The number of unbranched alkanes of at least 4 members (excludes halogenated alkanes) is 1. The number of hydrogen-bond acceptors (Lipinski definition) is 4. The van der Waals surface area contributed by atoms with E-state index in [0.29, 0.717) is 11.1 Å². The Balaban J connectivity index is 1.70. The van der Waals surface area contributed by atoms with Crippen molar-refractivity contribution in [3.63, 3.8) is 0 Å². The van der Waals surface area contributed by atoms with E-state index in [4.69, 9.17) is 4.99 Å². The van der Waals surface area contributed by atoms with Crippen molar-refractivity contribution < 1.29 is 9.90 Å². The molecule has 0 saturated carbocycles. The minimum absolute atomic E-state index is 0.0773. The van der Waals surface area contributed by atoms with E-state index in [-0.39, 0.29) is 11.8 Å². The molecule has 1 aromatic heterocycles. The average Bonchev–Trinajstić information content (AvgIpc) is 3.25. The van der Waals surface area contributed by atoms with Gasteiger partial charge in [0.2, 0.25) is 0 Å². The Morgan fingerprint density at radius 3 is 2.38 bits per heavy atom. The maximum atomic E-state index is 13.3. The smallest absolute Gasteiger partial charge is 0.258 e. The van der Waals surface area contributed by atoms with Crippen LogP contribution in [0.2, 0.25) is 0 Å². The van der Waals surface area contributed by atoms with Crippen LogP contribution in [0.25, 0.3) is 10.9 Å². The van der Waals surface area contributed by atoms with Gasteiger partial charge < -0.3 is 19.9 Å². The number of fused-ring (bicyclic) bond motifs is 1. The summed E-state index contributed by atoms with van der Waals surface area (Å²) in [6.07, 6.45) is 3.66. The minimum atomic E-state index is -0.111. The van der Waals surface area contributed by atoms with Gasteiger partial charge in [0.15, 0.2) is 5.88 Å². The first-order valence-corrected chi connectivity index (χ1v) is 12.9. The molecule has 0 unspecified atom stereocenters. The van der Waals surface area contributed by atoms with E-state index in [1.165, 1.54) is 5.56 Å². The molecule has 2 N–H and O–H groups in total. The molecule has 0 aliphatic carbocycles. The molecule has 192 valence electrons. The second-order valence-electron chi connectivity index (χ2n) is 9.69. The van der Waals surface area contributed by atoms with Crippen molar-refractivity contribution in [1.29, 1.82) is 0 Å². The van der Waals surface area contributed by atoms with E-state index in [0.717, 1.165) is 60.2 Å². The Labute approximate surface area is 219 Å². The number of benzene rings is 3. The van der Waals surface area contributed by atoms with Gasteiger partial charge in [-0.25, -0.2) is 0 Å². The quantitative estimate of drug-likeness (QED) is 0.244. The Bertz CT molecular complexity index is 1370. The number of carbonyl (C=O) groups is 1. The molecule has 0 aliphatic heterocycles. The van der Waals surface area contributed by atoms with Gasteiger partial charge in [0.25, 0.3) is 5.91 Å². The third-order valence-electron chi connectivity index (χ3n) is 6.58.